The highest BCUT2D eigenvalue weighted by atomic mass is 15.1. The molecule has 140 valence electrons. The Kier molecular flexibility index (Phi) is 16.8. The van der Waals surface area contributed by atoms with E-state index in [1.54, 1.807) is 0 Å². The van der Waals surface area contributed by atoms with Gasteiger partial charge in [0.05, 0.1) is 0 Å². The Bertz CT molecular complexity index is 206. The molecule has 1 heteroatoms. The third-order valence-corrected chi connectivity index (χ3v) is 4.84. The molecule has 0 amide bonds. The fraction of sp³-hybridized carbons (Fsp3) is 1.00. The van der Waals surface area contributed by atoms with Crippen LogP contribution in [0, 0.1) is 11.8 Å². The van der Waals surface area contributed by atoms with E-state index in [0.717, 1.165) is 11.8 Å². The van der Waals surface area contributed by atoms with Crippen LogP contribution in [0.5, 0.6) is 0 Å². The molecule has 0 saturated heterocycles. The highest BCUT2D eigenvalue weighted by Crippen LogP contribution is 2.11. The highest BCUT2D eigenvalue weighted by Gasteiger charge is 2.05. The first-order chi connectivity index (χ1) is 11.1. The molecule has 0 spiro atoms. The van der Waals surface area contributed by atoms with E-state index in [2.05, 4.69) is 39.5 Å². The SMILES string of the molecule is CCCCCCCCN(CCCCC(C)C)CCCCC(C)C. The second kappa shape index (κ2) is 16.8. The molecule has 0 aromatic carbocycles. The van der Waals surface area contributed by atoms with Crippen LogP contribution in [0.2, 0.25) is 0 Å². The topological polar surface area (TPSA) is 3.24 Å². The van der Waals surface area contributed by atoms with Crippen LogP contribution in [0.25, 0.3) is 0 Å². The van der Waals surface area contributed by atoms with Gasteiger partial charge in [0.25, 0.3) is 0 Å². The average Bonchev–Trinajstić information content (AvgIpc) is 2.50. The molecule has 0 unspecified atom stereocenters. The number of hydrogen-bond acceptors (Lipinski definition) is 1. The lowest BCUT2D eigenvalue weighted by Crippen LogP contribution is -2.27. The van der Waals surface area contributed by atoms with Crippen molar-refractivity contribution in [1.82, 2.24) is 4.90 Å². The van der Waals surface area contributed by atoms with E-state index in [1.807, 2.05) is 0 Å². The van der Waals surface area contributed by atoms with Crippen molar-refractivity contribution in [1.29, 1.82) is 0 Å². The van der Waals surface area contributed by atoms with Gasteiger partial charge in [0, 0.05) is 0 Å². The lowest BCUT2D eigenvalue weighted by atomic mass is 10.1. The van der Waals surface area contributed by atoms with Gasteiger partial charge < -0.3 is 4.90 Å². The van der Waals surface area contributed by atoms with Gasteiger partial charge in [0.1, 0.15) is 0 Å². The Morgan fingerprint density at radius 3 is 1.35 bits per heavy atom. The molecule has 0 heterocycles. The van der Waals surface area contributed by atoms with Gasteiger partial charge in [-0.25, -0.2) is 0 Å². The molecule has 0 fully saturated rings. The van der Waals surface area contributed by atoms with Crippen molar-refractivity contribution in [2.45, 2.75) is 112 Å². The fourth-order valence-corrected chi connectivity index (χ4v) is 3.23. The van der Waals surface area contributed by atoms with Crippen molar-refractivity contribution in [3.63, 3.8) is 0 Å². The molecular weight excluding hydrogens is 278 g/mol. The molecule has 0 atom stereocenters. The molecule has 0 aromatic heterocycles. The lowest BCUT2D eigenvalue weighted by Gasteiger charge is -2.23. The largest absolute Gasteiger partial charge is 0.303 e. The first-order valence-electron chi connectivity index (χ1n) is 10.8. The van der Waals surface area contributed by atoms with E-state index >= 15 is 0 Å². The zero-order valence-electron chi connectivity index (χ0n) is 17.2. The molecule has 23 heavy (non-hydrogen) atoms. The summed E-state index contributed by atoms with van der Waals surface area (Å²) in [5.74, 6) is 1.74. The van der Waals surface area contributed by atoms with Crippen LogP contribution in [-0.2, 0) is 0 Å². The Morgan fingerprint density at radius 1 is 0.522 bits per heavy atom. The zero-order chi connectivity index (χ0) is 17.3. The van der Waals surface area contributed by atoms with Crippen molar-refractivity contribution >= 4 is 0 Å². The van der Waals surface area contributed by atoms with Gasteiger partial charge >= 0.3 is 0 Å². The van der Waals surface area contributed by atoms with Gasteiger partial charge in [-0.15, -0.1) is 0 Å². The van der Waals surface area contributed by atoms with Crippen LogP contribution in [0.4, 0.5) is 0 Å². The summed E-state index contributed by atoms with van der Waals surface area (Å²) in [4.78, 5) is 2.76. The van der Waals surface area contributed by atoms with Crippen molar-refractivity contribution in [2.24, 2.45) is 11.8 Å². The molecule has 0 rings (SSSR count). The molecule has 0 saturated carbocycles. The first kappa shape index (κ1) is 23.0. The maximum atomic E-state index is 2.76. The van der Waals surface area contributed by atoms with Crippen LogP contribution in [0.15, 0.2) is 0 Å². The summed E-state index contributed by atoms with van der Waals surface area (Å²) in [7, 11) is 0. The van der Waals surface area contributed by atoms with Crippen molar-refractivity contribution < 1.29 is 0 Å². The quantitative estimate of drug-likeness (QED) is 0.253. The van der Waals surface area contributed by atoms with Crippen molar-refractivity contribution in [3.8, 4) is 0 Å². The maximum Gasteiger partial charge on any atom is -0.00187 e. The Balaban J connectivity index is 3.81. The van der Waals surface area contributed by atoms with Gasteiger partial charge in [-0.1, -0.05) is 92.4 Å². The Morgan fingerprint density at radius 2 is 0.913 bits per heavy atom. The van der Waals surface area contributed by atoms with Crippen LogP contribution < -0.4 is 0 Å². The van der Waals surface area contributed by atoms with Crippen LogP contribution in [-0.4, -0.2) is 24.5 Å². The maximum absolute atomic E-state index is 2.76. The summed E-state index contributed by atoms with van der Waals surface area (Å²) in [6, 6.07) is 0. The molecule has 1 nitrogen and oxygen atoms in total. The van der Waals surface area contributed by atoms with Gasteiger partial charge in [0.2, 0.25) is 0 Å². The van der Waals surface area contributed by atoms with E-state index in [1.165, 1.54) is 96.7 Å². The van der Waals surface area contributed by atoms with Crippen LogP contribution in [0.1, 0.15) is 112 Å². The molecule has 0 N–H and O–H groups in total. The standard InChI is InChI=1S/C22H47N/c1-6-7-8-9-10-13-18-23(19-14-11-16-21(2)3)20-15-12-17-22(4)5/h21-22H,6-20H2,1-5H3. The monoisotopic (exact) mass is 325 g/mol. The molecule has 0 bridgehead atoms. The number of hydrogen-bond donors (Lipinski definition) is 0. The summed E-state index contributed by atoms with van der Waals surface area (Å²) in [6.45, 7) is 15.7. The third-order valence-electron chi connectivity index (χ3n) is 4.84. The van der Waals surface area contributed by atoms with E-state index in [0.29, 0.717) is 0 Å². The molecule has 0 aliphatic carbocycles. The van der Waals surface area contributed by atoms with E-state index in [9.17, 15) is 0 Å². The minimum atomic E-state index is 0.869. The highest BCUT2D eigenvalue weighted by molar-refractivity contribution is 4.61. The Hall–Kier alpha value is -0.0400. The normalized spacial score (nSPS) is 12.0. The number of rotatable bonds is 17. The van der Waals surface area contributed by atoms with Crippen molar-refractivity contribution in [2.75, 3.05) is 19.6 Å². The van der Waals surface area contributed by atoms with E-state index < -0.39 is 0 Å². The van der Waals surface area contributed by atoms with Gasteiger partial charge in [-0.3, -0.25) is 0 Å². The summed E-state index contributed by atoms with van der Waals surface area (Å²) in [5.41, 5.74) is 0. The molecule has 0 aromatic rings. The predicted molar refractivity (Wildman–Crippen MR) is 107 cm³/mol. The molecular formula is C22H47N. The minimum Gasteiger partial charge on any atom is -0.303 e. The molecule has 0 aliphatic heterocycles. The average molecular weight is 326 g/mol. The number of nitrogens with zero attached hydrogens (tertiary/aromatic N) is 1. The van der Waals surface area contributed by atoms with Gasteiger partial charge in [-0.05, 0) is 50.7 Å². The molecule has 0 aliphatic rings. The van der Waals surface area contributed by atoms with E-state index in [-0.39, 0.29) is 0 Å². The summed E-state index contributed by atoms with van der Waals surface area (Å²) >= 11 is 0. The Labute approximate surface area is 148 Å². The summed E-state index contributed by atoms with van der Waals surface area (Å²) in [6.07, 6.45) is 17.0. The fourth-order valence-electron chi connectivity index (χ4n) is 3.23. The summed E-state index contributed by atoms with van der Waals surface area (Å²) < 4.78 is 0. The van der Waals surface area contributed by atoms with Crippen molar-refractivity contribution in [3.05, 3.63) is 0 Å². The molecule has 0 radical (unpaired) electrons. The van der Waals surface area contributed by atoms with Crippen LogP contribution >= 0.6 is 0 Å². The van der Waals surface area contributed by atoms with Gasteiger partial charge in [-0.2, -0.15) is 0 Å². The second-order valence-corrected chi connectivity index (χ2v) is 8.39. The second-order valence-electron chi connectivity index (χ2n) is 8.39. The minimum absolute atomic E-state index is 0.869. The van der Waals surface area contributed by atoms with Crippen LogP contribution in [0.3, 0.4) is 0 Å². The summed E-state index contributed by atoms with van der Waals surface area (Å²) in [5, 5.41) is 0. The third kappa shape index (κ3) is 18.1. The smallest absolute Gasteiger partial charge is 0.00187 e. The first-order valence-corrected chi connectivity index (χ1v) is 10.8. The number of unbranched alkanes of at least 4 members (excludes halogenated alkanes) is 7. The predicted octanol–water partition coefficient (Wildman–Crippen LogP) is 7.30. The lowest BCUT2D eigenvalue weighted by molar-refractivity contribution is 0.251. The van der Waals surface area contributed by atoms with E-state index in [4.69, 9.17) is 0 Å². The zero-order valence-corrected chi connectivity index (χ0v) is 17.2. The van der Waals surface area contributed by atoms with Gasteiger partial charge in [0.15, 0.2) is 0 Å².